The van der Waals surface area contributed by atoms with Crippen LogP contribution >= 0.6 is 0 Å². The second-order valence-electron chi connectivity index (χ2n) is 9.02. The molecular weight excluding hydrogens is 435 g/mol. The molecule has 2 N–H and O–H groups in total. The molecule has 1 heterocycles. The molecule has 8 nitrogen and oxygen atoms in total. The Morgan fingerprint density at radius 2 is 1.97 bits per heavy atom. The minimum absolute atomic E-state index is 0.0171. The number of aliphatic hydroxyl groups is 1. The predicted octanol–water partition coefficient (Wildman–Crippen LogP) is 1.87. The van der Waals surface area contributed by atoms with E-state index in [1.54, 1.807) is 24.1 Å². The molecule has 1 unspecified atom stereocenters. The summed E-state index contributed by atoms with van der Waals surface area (Å²) in [7, 11) is -0.0443. The summed E-state index contributed by atoms with van der Waals surface area (Å²) in [6.45, 7) is 3.31. The van der Waals surface area contributed by atoms with Crippen LogP contribution in [0, 0.1) is 11.7 Å². The molecule has 0 spiro atoms. The molecule has 180 valence electrons. The molecule has 0 aromatic heterocycles. The number of halogens is 1. The highest BCUT2D eigenvalue weighted by Crippen LogP contribution is 2.33. The van der Waals surface area contributed by atoms with E-state index in [9.17, 15) is 22.7 Å². The lowest BCUT2D eigenvalue weighted by atomic mass is 10.1. The van der Waals surface area contributed by atoms with Crippen LogP contribution in [0.3, 0.4) is 0 Å². The van der Waals surface area contributed by atoms with Crippen molar-refractivity contribution in [1.29, 1.82) is 0 Å². The fraction of sp³-hybridized carbons (Fsp3) is 0.682. The number of amides is 1. The van der Waals surface area contributed by atoms with Gasteiger partial charge in [-0.25, -0.2) is 12.8 Å². The molecule has 10 heteroatoms. The van der Waals surface area contributed by atoms with Gasteiger partial charge in [0.05, 0.1) is 18.0 Å². The normalized spacial score (nSPS) is 20.6. The molecule has 1 aromatic rings. The van der Waals surface area contributed by atoms with Gasteiger partial charge >= 0.3 is 0 Å². The van der Waals surface area contributed by atoms with Gasteiger partial charge in [0.2, 0.25) is 15.9 Å². The molecule has 1 aliphatic heterocycles. The van der Waals surface area contributed by atoms with Crippen LogP contribution in [0.15, 0.2) is 18.2 Å². The number of unbranched alkanes of at least 4 members (excludes halogenated alkanes) is 2. The first-order valence-corrected chi connectivity index (χ1v) is 12.9. The van der Waals surface area contributed by atoms with E-state index in [2.05, 4.69) is 5.32 Å². The van der Waals surface area contributed by atoms with Crippen LogP contribution in [0.2, 0.25) is 0 Å². The van der Waals surface area contributed by atoms with Gasteiger partial charge in [-0.05, 0) is 56.2 Å². The number of carbonyl (C=O) groups excluding carboxylic acids is 1. The number of rotatable bonds is 12. The first-order chi connectivity index (χ1) is 15.1. The maximum Gasteiger partial charge on any atom is 0.237 e. The van der Waals surface area contributed by atoms with Gasteiger partial charge in [0.15, 0.2) is 6.35 Å². The molecule has 2 aliphatic rings. The van der Waals surface area contributed by atoms with Crippen molar-refractivity contribution in [3.63, 3.8) is 0 Å². The first-order valence-electron chi connectivity index (χ1n) is 11.3. The summed E-state index contributed by atoms with van der Waals surface area (Å²) >= 11 is 0. The number of benzene rings is 1. The van der Waals surface area contributed by atoms with Crippen molar-refractivity contribution >= 4 is 21.6 Å². The maximum absolute atomic E-state index is 14.4. The molecule has 1 saturated carbocycles. The number of nitrogens with one attached hydrogen (secondary N) is 1. The van der Waals surface area contributed by atoms with Gasteiger partial charge in [-0.2, -0.15) is 4.31 Å². The number of hydrogen-bond donors (Lipinski definition) is 2. The van der Waals surface area contributed by atoms with Crippen LogP contribution in [0.5, 0.6) is 0 Å². The average molecular weight is 471 g/mol. The number of aliphatic hydroxyl groups excluding tert-OH is 1. The van der Waals surface area contributed by atoms with Gasteiger partial charge < -0.3 is 15.3 Å². The standard InChI is InChI=1S/C22H35FN4O4S/c1-16(18-9-10-19(23)20(13-18)25(2)14-17-7-8-17)26(3)32(30,31)12-6-4-5-11-27-15-21(28)24-22(27)29/h9-10,13,16-17,22,29H,4-8,11-12,14-15H2,1-3H3,(H,24,28)/t16-,22?/m1/s1. The third-order valence-electron chi connectivity index (χ3n) is 6.41. The van der Waals surface area contributed by atoms with Crippen molar-refractivity contribution in [2.24, 2.45) is 5.92 Å². The Morgan fingerprint density at radius 1 is 1.25 bits per heavy atom. The Labute approximate surface area is 190 Å². The molecular formula is C22H35FN4O4S. The summed E-state index contributed by atoms with van der Waals surface area (Å²) in [4.78, 5) is 14.8. The quantitative estimate of drug-likeness (QED) is 0.453. The Bertz CT molecular complexity index is 909. The summed E-state index contributed by atoms with van der Waals surface area (Å²) in [6, 6.07) is 4.41. The Balaban J connectivity index is 1.51. The smallest absolute Gasteiger partial charge is 0.237 e. The number of hydrogen-bond acceptors (Lipinski definition) is 6. The van der Waals surface area contributed by atoms with Gasteiger partial charge in [0, 0.05) is 33.2 Å². The summed E-state index contributed by atoms with van der Waals surface area (Å²) in [5, 5.41) is 12.1. The van der Waals surface area contributed by atoms with Gasteiger partial charge in [0.1, 0.15) is 5.82 Å². The zero-order valence-corrected chi connectivity index (χ0v) is 19.9. The monoisotopic (exact) mass is 470 g/mol. The number of carbonyl (C=O) groups is 1. The van der Waals surface area contributed by atoms with E-state index < -0.39 is 22.4 Å². The minimum atomic E-state index is -3.48. The van der Waals surface area contributed by atoms with Crippen molar-refractivity contribution in [3.05, 3.63) is 29.6 Å². The molecule has 0 radical (unpaired) electrons. The van der Waals surface area contributed by atoms with E-state index in [0.717, 1.165) is 12.1 Å². The number of anilines is 1. The second-order valence-corrected chi connectivity index (χ2v) is 11.2. The molecule has 3 rings (SSSR count). The summed E-state index contributed by atoms with van der Waals surface area (Å²) in [6.07, 6.45) is 3.25. The van der Waals surface area contributed by atoms with E-state index >= 15 is 0 Å². The molecule has 2 fully saturated rings. The Hall–Kier alpha value is -1.75. The lowest BCUT2D eigenvalue weighted by Crippen LogP contribution is -2.36. The van der Waals surface area contributed by atoms with E-state index in [-0.39, 0.29) is 24.0 Å². The number of nitrogens with zero attached hydrogens (tertiary/aromatic N) is 3. The van der Waals surface area contributed by atoms with Gasteiger partial charge in [0.25, 0.3) is 0 Å². The van der Waals surface area contributed by atoms with E-state index in [0.29, 0.717) is 37.4 Å². The summed E-state index contributed by atoms with van der Waals surface area (Å²) < 4.78 is 41.4. The zero-order valence-electron chi connectivity index (χ0n) is 19.1. The molecule has 1 aromatic carbocycles. The average Bonchev–Trinajstić information content (AvgIpc) is 3.49. The molecule has 0 bridgehead atoms. The molecule has 1 aliphatic carbocycles. The molecule has 1 amide bonds. The minimum Gasteiger partial charge on any atom is -0.372 e. The largest absolute Gasteiger partial charge is 0.372 e. The van der Waals surface area contributed by atoms with Crippen LogP contribution in [0.25, 0.3) is 0 Å². The Kier molecular flexibility index (Phi) is 8.13. The van der Waals surface area contributed by atoms with Crippen LogP contribution < -0.4 is 10.2 Å². The molecule has 32 heavy (non-hydrogen) atoms. The van der Waals surface area contributed by atoms with Crippen molar-refractivity contribution in [2.45, 2.75) is 51.4 Å². The predicted molar refractivity (Wildman–Crippen MR) is 122 cm³/mol. The lowest BCUT2D eigenvalue weighted by Gasteiger charge is -2.27. The highest BCUT2D eigenvalue weighted by atomic mass is 32.2. The summed E-state index contributed by atoms with van der Waals surface area (Å²) in [5.41, 5.74) is 1.26. The highest BCUT2D eigenvalue weighted by molar-refractivity contribution is 7.89. The van der Waals surface area contributed by atoms with E-state index in [1.165, 1.54) is 23.2 Å². The molecule has 1 saturated heterocycles. The third-order valence-corrected chi connectivity index (χ3v) is 8.41. The third kappa shape index (κ3) is 6.40. The zero-order chi connectivity index (χ0) is 23.5. The van der Waals surface area contributed by atoms with Crippen molar-refractivity contribution in [3.8, 4) is 0 Å². The van der Waals surface area contributed by atoms with Gasteiger partial charge in [-0.3, -0.25) is 9.69 Å². The first kappa shape index (κ1) is 24.9. The van der Waals surface area contributed by atoms with Crippen LogP contribution in [0.1, 0.15) is 50.6 Å². The van der Waals surface area contributed by atoms with Crippen LogP contribution in [0.4, 0.5) is 10.1 Å². The summed E-state index contributed by atoms with van der Waals surface area (Å²) in [5.74, 6) is 0.130. The van der Waals surface area contributed by atoms with Crippen molar-refractivity contribution in [2.75, 3.05) is 44.4 Å². The molecule has 2 atom stereocenters. The topological polar surface area (TPSA) is 93.2 Å². The maximum atomic E-state index is 14.4. The fourth-order valence-electron chi connectivity index (χ4n) is 3.99. The van der Waals surface area contributed by atoms with E-state index in [1.807, 2.05) is 18.9 Å². The van der Waals surface area contributed by atoms with Crippen LogP contribution in [-0.4, -0.2) is 74.5 Å². The lowest BCUT2D eigenvalue weighted by molar-refractivity contribution is -0.119. The van der Waals surface area contributed by atoms with Gasteiger partial charge in [-0.1, -0.05) is 12.5 Å². The Morgan fingerprint density at radius 3 is 2.59 bits per heavy atom. The highest BCUT2D eigenvalue weighted by Gasteiger charge is 2.28. The number of sulfonamides is 1. The SMILES string of the molecule is C[C@H](c1ccc(F)c(N(C)CC2CC2)c1)N(C)S(=O)(=O)CCCCCN1CC(=O)NC1O. The second kappa shape index (κ2) is 10.5. The van der Waals surface area contributed by atoms with Crippen LogP contribution in [-0.2, 0) is 14.8 Å². The fourth-order valence-corrected chi connectivity index (χ4v) is 5.45. The van der Waals surface area contributed by atoms with Crippen molar-refractivity contribution < 1.29 is 22.7 Å². The van der Waals surface area contributed by atoms with E-state index in [4.69, 9.17) is 0 Å². The van der Waals surface area contributed by atoms with Gasteiger partial charge in [-0.15, -0.1) is 0 Å². The van der Waals surface area contributed by atoms with Crippen molar-refractivity contribution in [1.82, 2.24) is 14.5 Å².